The van der Waals surface area contributed by atoms with E-state index in [1.54, 1.807) is 0 Å². The number of hydrogen-bond donors (Lipinski definition) is 1. The smallest absolute Gasteiger partial charge is 0.263 e. The molecule has 0 spiro atoms. The third-order valence-corrected chi connectivity index (χ3v) is 6.64. The second-order valence-corrected chi connectivity index (χ2v) is 10.3. The van der Waals surface area contributed by atoms with Crippen molar-refractivity contribution in [3.05, 3.63) is 41.2 Å². The van der Waals surface area contributed by atoms with Crippen LogP contribution in [-0.4, -0.2) is 39.4 Å². The number of ether oxygens (including phenoxy) is 1. The number of aromatic nitrogens is 3. The topological polar surface area (TPSA) is 72.3 Å². The molecule has 0 atom stereocenters. The molecule has 1 N–H and O–H groups in total. The third-order valence-electron chi connectivity index (χ3n) is 5.53. The summed E-state index contributed by atoms with van der Waals surface area (Å²) < 4.78 is 7.90. The van der Waals surface area contributed by atoms with Crippen molar-refractivity contribution in [1.82, 2.24) is 20.1 Å². The molecular weight excluding hydrogens is 410 g/mol. The number of nitrogens with zero attached hydrogens (tertiary/aromatic N) is 4. The molecule has 2 aliphatic heterocycles. The van der Waals surface area contributed by atoms with Gasteiger partial charge in [0.25, 0.3) is 5.91 Å². The molecule has 162 valence electrons. The van der Waals surface area contributed by atoms with Crippen LogP contribution in [0.25, 0.3) is 11.1 Å². The van der Waals surface area contributed by atoms with Crippen LogP contribution in [0, 0.1) is 5.92 Å². The number of anilines is 2. The molecule has 0 radical (unpaired) electrons. The van der Waals surface area contributed by atoms with Gasteiger partial charge in [0.15, 0.2) is 5.13 Å². The summed E-state index contributed by atoms with van der Waals surface area (Å²) in [5, 5.41) is 8.42. The predicted octanol–water partition coefficient (Wildman–Crippen LogP) is 4.26. The van der Waals surface area contributed by atoms with Gasteiger partial charge in [0, 0.05) is 30.3 Å². The quantitative estimate of drug-likeness (QED) is 0.660. The minimum atomic E-state index is -0.276. The Bertz CT molecular complexity index is 1150. The van der Waals surface area contributed by atoms with Crippen molar-refractivity contribution in [3.63, 3.8) is 0 Å². The highest BCUT2D eigenvalue weighted by atomic mass is 32.1. The van der Waals surface area contributed by atoms with E-state index in [4.69, 9.17) is 9.72 Å². The maximum Gasteiger partial charge on any atom is 0.263 e. The summed E-state index contributed by atoms with van der Waals surface area (Å²) in [6.45, 7) is 10.6. The number of amides is 1. The first-order valence-corrected chi connectivity index (χ1v) is 11.5. The van der Waals surface area contributed by atoms with Crippen LogP contribution >= 0.6 is 11.3 Å². The molecule has 0 saturated heterocycles. The Hall–Kier alpha value is -2.87. The molecule has 0 aliphatic carbocycles. The molecule has 0 unspecified atom stereocenters. The van der Waals surface area contributed by atoms with Gasteiger partial charge in [-0.1, -0.05) is 31.3 Å². The monoisotopic (exact) mass is 437 g/mol. The standard InChI is InChI=1S/C23H27N5O2S/c1-14(2)12-27-13-16(11-24-27)15-5-6-19-18(9-15)28(7-8-30-19)22-25-17-10-23(3,4)26-21(29)20(17)31-22/h5-6,9,11,13-14H,7-8,10,12H2,1-4H3,(H,26,29). The van der Waals surface area contributed by atoms with Crippen LogP contribution in [0.1, 0.15) is 43.1 Å². The lowest BCUT2D eigenvalue weighted by molar-refractivity contribution is 0.0901. The van der Waals surface area contributed by atoms with Crippen molar-refractivity contribution >= 4 is 28.1 Å². The van der Waals surface area contributed by atoms with E-state index < -0.39 is 0 Å². The van der Waals surface area contributed by atoms with Crippen LogP contribution in [0.3, 0.4) is 0 Å². The second kappa shape index (κ2) is 7.37. The van der Waals surface area contributed by atoms with Gasteiger partial charge in [-0.2, -0.15) is 5.10 Å². The SMILES string of the molecule is CC(C)Cn1cc(-c2ccc3c(c2)N(c2nc4c(s2)C(=O)NC(C)(C)C4)CCO3)cn1. The molecule has 0 saturated carbocycles. The van der Waals surface area contributed by atoms with Gasteiger partial charge in [0.05, 0.1) is 24.1 Å². The summed E-state index contributed by atoms with van der Waals surface area (Å²) in [6.07, 6.45) is 4.73. The van der Waals surface area contributed by atoms with E-state index in [1.165, 1.54) is 11.3 Å². The molecule has 1 aromatic carbocycles. The van der Waals surface area contributed by atoms with E-state index in [-0.39, 0.29) is 11.4 Å². The zero-order valence-electron chi connectivity index (χ0n) is 18.3. The van der Waals surface area contributed by atoms with Gasteiger partial charge in [-0.3, -0.25) is 9.48 Å². The molecule has 31 heavy (non-hydrogen) atoms. The largest absolute Gasteiger partial charge is 0.490 e. The van der Waals surface area contributed by atoms with Crippen LogP contribution in [0.15, 0.2) is 30.6 Å². The summed E-state index contributed by atoms with van der Waals surface area (Å²) >= 11 is 1.46. The van der Waals surface area contributed by atoms with Crippen molar-refractivity contribution in [2.45, 2.75) is 46.2 Å². The fraction of sp³-hybridized carbons (Fsp3) is 0.435. The van der Waals surface area contributed by atoms with Gasteiger partial charge in [-0.25, -0.2) is 4.98 Å². The molecule has 0 fully saturated rings. The molecule has 3 aromatic rings. The molecule has 7 nitrogen and oxygen atoms in total. The van der Waals surface area contributed by atoms with E-state index in [2.05, 4.69) is 47.5 Å². The first-order valence-electron chi connectivity index (χ1n) is 10.7. The number of hydrogen-bond acceptors (Lipinski definition) is 6. The molecule has 2 aromatic heterocycles. The number of fused-ring (bicyclic) bond motifs is 2. The van der Waals surface area contributed by atoms with E-state index in [9.17, 15) is 4.79 Å². The lowest BCUT2D eigenvalue weighted by Crippen LogP contribution is -2.48. The average Bonchev–Trinajstić information content (AvgIpc) is 3.33. The van der Waals surface area contributed by atoms with Gasteiger partial charge in [-0.05, 0) is 37.5 Å². The highest BCUT2D eigenvalue weighted by Gasteiger charge is 2.34. The minimum absolute atomic E-state index is 0.0326. The highest BCUT2D eigenvalue weighted by Crippen LogP contribution is 2.42. The molecule has 1 amide bonds. The Kier molecular flexibility index (Phi) is 4.77. The second-order valence-electron chi connectivity index (χ2n) is 9.31. The normalized spacial score (nSPS) is 17.2. The number of nitrogens with one attached hydrogen (secondary N) is 1. The molecule has 8 heteroatoms. The van der Waals surface area contributed by atoms with Crippen molar-refractivity contribution in [3.8, 4) is 16.9 Å². The molecular formula is C23H27N5O2S. The predicted molar refractivity (Wildman–Crippen MR) is 122 cm³/mol. The first-order chi connectivity index (χ1) is 14.8. The number of carbonyl (C=O) groups excluding carboxylic acids is 1. The minimum Gasteiger partial charge on any atom is -0.490 e. The Balaban J connectivity index is 1.50. The van der Waals surface area contributed by atoms with Gasteiger partial charge in [-0.15, -0.1) is 0 Å². The third kappa shape index (κ3) is 3.80. The molecule has 4 heterocycles. The summed E-state index contributed by atoms with van der Waals surface area (Å²) in [5.74, 6) is 1.34. The number of carbonyl (C=O) groups is 1. The van der Waals surface area contributed by atoms with Gasteiger partial charge in [0.1, 0.15) is 17.2 Å². The van der Waals surface area contributed by atoms with E-state index in [0.717, 1.165) is 46.4 Å². The van der Waals surface area contributed by atoms with Crippen molar-refractivity contribution in [2.75, 3.05) is 18.1 Å². The lowest BCUT2D eigenvalue weighted by atomic mass is 9.94. The highest BCUT2D eigenvalue weighted by molar-refractivity contribution is 7.17. The first kappa shape index (κ1) is 20.1. The zero-order chi connectivity index (χ0) is 21.8. The number of rotatable bonds is 4. The summed E-state index contributed by atoms with van der Waals surface area (Å²) in [5.41, 5.74) is 3.75. The lowest BCUT2D eigenvalue weighted by Gasteiger charge is -2.29. The average molecular weight is 438 g/mol. The number of benzene rings is 1. The van der Waals surface area contributed by atoms with Gasteiger partial charge >= 0.3 is 0 Å². The van der Waals surface area contributed by atoms with Crippen molar-refractivity contribution in [2.24, 2.45) is 5.92 Å². The van der Waals surface area contributed by atoms with Crippen LogP contribution in [0.4, 0.5) is 10.8 Å². The summed E-state index contributed by atoms with van der Waals surface area (Å²) in [7, 11) is 0. The van der Waals surface area contributed by atoms with Crippen LogP contribution < -0.4 is 15.0 Å². The maximum absolute atomic E-state index is 12.6. The maximum atomic E-state index is 12.6. The summed E-state index contributed by atoms with van der Waals surface area (Å²) in [6, 6.07) is 6.22. The molecule has 2 aliphatic rings. The molecule has 0 bridgehead atoms. The zero-order valence-corrected chi connectivity index (χ0v) is 19.1. The van der Waals surface area contributed by atoms with E-state index in [1.807, 2.05) is 30.8 Å². The Morgan fingerprint density at radius 3 is 2.94 bits per heavy atom. The Labute approximate surface area is 186 Å². The van der Waals surface area contributed by atoms with Crippen LogP contribution in [-0.2, 0) is 13.0 Å². The van der Waals surface area contributed by atoms with Crippen LogP contribution in [0.5, 0.6) is 5.75 Å². The van der Waals surface area contributed by atoms with Crippen LogP contribution in [0.2, 0.25) is 0 Å². The van der Waals surface area contributed by atoms with E-state index in [0.29, 0.717) is 23.9 Å². The fourth-order valence-corrected chi connectivity index (χ4v) is 5.18. The van der Waals surface area contributed by atoms with Crippen molar-refractivity contribution in [1.29, 1.82) is 0 Å². The number of thiazole rings is 1. The Morgan fingerprint density at radius 2 is 2.13 bits per heavy atom. The Morgan fingerprint density at radius 1 is 1.29 bits per heavy atom. The van der Waals surface area contributed by atoms with Gasteiger partial charge in [0.2, 0.25) is 0 Å². The molecule has 5 rings (SSSR count). The van der Waals surface area contributed by atoms with Crippen molar-refractivity contribution < 1.29 is 9.53 Å². The summed E-state index contributed by atoms with van der Waals surface area (Å²) in [4.78, 5) is 20.3. The van der Waals surface area contributed by atoms with Gasteiger partial charge < -0.3 is 15.0 Å². The van der Waals surface area contributed by atoms with E-state index >= 15 is 0 Å². The fourth-order valence-electron chi connectivity index (χ4n) is 4.16.